The highest BCUT2D eigenvalue weighted by molar-refractivity contribution is 7.90. The van der Waals surface area contributed by atoms with Gasteiger partial charge in [-0.3, -0.25) is 4.79 Å². The Morgan fingerprint density at radius 2 is 2.04 bits per heavy atom. The van der Waals surface area contributed by atoms with Crippen molar-refractivity contribution in [3.8, 4) is 0 Å². The van der Waals surface area contributed by atoms with Crippen molar-refractivity contribution in [3.63, 3.8) is 0 Å². The molecular weight excluding hydrogens is 326 g/mol. The summed E-state index contributed by atoms with van der Waals surface area (Å²) >= 11 is 0. The van der Waals surface area contributed by atoms with Gasteiger partial charge in [0.1, 0.15) is 5.76 Å². The van der Waals surface area contributed by atoms with E-state index < -0.39 is 9.84 Å². The fourth-order valence-electron chi connectivity index (χ4n) is 3.16. The summed E-state index contributed by atoms with van der Waals surface area (Å²) in [7, 11) is -3.34. The van der Waals surface area contributed by atoms with Gasteiger partial charge in [0, 0.05) is 18.4 Å². The van der Waals surface area contributed by atoms with Crippen LogP contribution in [0, 0.1) is 5.92 Å². The molecule has 3 rings (SSSR count). The molecule has 0 bridgehead atoms. The first-order chi connectivity index (χ1) is 11.4. The van der Waals surface area contributed by atoms with Crippen LogP contribution < -0.4 is 0 Å². The molecule has 1 aromatic heterocycles. The molecule has 1 amide bonds. The van der Waals surface area contributed by atoms with E-state index in [4.69, 9.17) is 4.42 Å². The van der Waals surface area contributed by atoms with Crippen molar-refractivity contribution >= 4 is 15.7 Å². The molecule has 0 radical (unpaired) electrons. The number of benzene rings is 1. The second-order valence-corrected chi connectivity index (χ2v) is 8.48. The van der Waals surface area contributed by atoms with Crippen molar-refractivity contribution in [1.82, 2.24) is 4.90 Å². The zero-order chi connectivity index (χ0) is 17.3. The van der Waals surface area contributed by atoms with Gasteiger partial charge in [-0.1, -0.05) is 13.0 Å². The van der Waals surface area contributed by atoms with Crippen LogP contribution >= 0.6 is 0 Å². The minimum Gasteiger partial charge on any atom is -0.467 e. The molecular formula is C18H21NO4S. The number of amides is 1. The zero-order valence-corrected chi connectivity index (χ0v) is 14.6. The SMILES string of the molecule is C[C@H]1CCN(C(=O)c2cccc(S(C)(=O)=O)c2)[C@H](c2ccco2)C1. The number of carbonyl (C=O) groups is 1. The number of hydrogen-bond acceptors (Lipinski definition) is 4. The second kappa shape index (κ2) is 6.43. The molecule has 0 unspecified atom stereocenters. The highest BCUT2D eigenvalue weighted by atomic mass is 32.2. The predicted octanol–water partition coefficient (Wildman–Crippen LogP) is 3.30. The van der Waals surface area contributed by atoms with Crippen LogP contribution in [0.5, 0.6) is 0 Å². The number of carbonyl (C=O) groups excluding carboxylic acids is 1. The third-order valence-corrected chi connectivity index (χ3v) is 5.62. The van der Waals surface area contributed by atoms with Crippen LogP contribution in [-0.4, -0.2) is 32.0 Å². The van der Waals surface area contributed by atoms with Crippen molar-refractivity contribution < 1.29 is 17.6 Å². The monoisotopic (exact) mass is 347 g/mol. The summed E-state index contributed by atoms with van der Waals surface area (Å²) in [5, 5.41) is 0. The van der Waals surface area contributed by atoms with Gasteiger partial charge >= 0.3 is 0 Å². The molecule has 0 spiro atoms. The van der Waals surface area contributed by atoms with Crippen molar-refractivity contribution in [2.45, 2.75) is 30.7 Å². The minimum atomic E-state index is -3.34. The maximum atomic E-state index is 13.0. The maximum Gasteiger partial charge on any atom is 0.254 e. The smallest absolute Gasteiger partial charge is 0.254 e. The minimum absolute atomic E-state index is 0.113. The number of furan rings is 1. The van der Waals surface area contributed by atoms with Gasteiger partial charge in [-0.2, -0.15) is 0 Å². The van der Waals surface area contributed by atoms with Gasteiger partial charge in [0.25, 0.3) is 5.91 Å². The number of likely N-dealkylation sites (tertiary alicyclic amines) is 1. The molecule has 0 saturated carbocycles. The zero-order valence-electron chi connectivity index (χ0n) is 13.8. The topological polar surface area (TPSA) is 67.6 Å². The average molecular weight is 347 g/mol. The largest absolute Gasteiger partial charge is 0.467 e. The quantitative estimate of drug-likeness (QED) is 0.854. The Kier molecular flexibility index (Phi) is 4.49. The number of rotatable bonds is 3. The molecule has 1 saturated heterocycles. The Morgan fingerprint density at radius 3 is 2.71 bits per heavy atom. The summed E-state index contributed by atoms with van der Waals surface area (Å²) < 4.78 is 29.0. The Balaban J connectivity index is 1.93. The van der Waals surface area contributed by atoms with Crippen LogP contribution in [0.1, 0.15) is 41.9 Å². The van der Waals surface area contributed by atoms with Crippen molar-refractivity contribution in [2.75, 3.05) is 12.8 Å². The Bertz CT molecular complexity index is 826. The molecule has 2 atom stereocenters. The van der Waals surface area contributed by atoms with Crippen molar-refractivity contribution in [1.29, 1.82) is 0 Å². The summed E-state index contributed by atoms with van der Waals surface area (Å²) in [6.07, 6.45) is 4.52. The lowest BCUT2D eigenvalue weighted by atomic mass is 9.90. The lowest BCUT2D eigenvalue weighted by molar-refractivity contribution is 0.0520. The van der Waals surface area contributed by atoms with Gasteiger partial charge in [-0.25, -0.2) is 8.42 Å². The first-order valence-electron chi connectivity index (χ1n) is 8.01. The van der Waals surface area contributed by atoms with E-state index in [9.17, 15) is 13.2 Å². The van der Waals surface area contributed by atoms with Crippen LogP contribution in [0.25, 0.3) is 0 Å². The Morgan fingerprint density at radius 1 is 1.25 bits per heavy atom. The van der Waals surface area contributed by atoms with E-state index in [1.54, 1.807) is 23.3 Å². The number of nitrogens with zero attached hydrogens (tertiary/aromatic N) is 1. The van der Waals surface area contributed by atoms with Gasteiger partial charge in [0.05, 0.1) is 17.2 Å². The summed E-state index contributed by atoms with van der Waals surface area (Å²) in [5.41, 5.74) is 0.393. The summed E-state index contributed by atoms with van der Waals surface area (Å²) in [4.78, 5) is 14.9. The number of hydrogen-bond donors (Lipinski definition) is 0. The van der Waals surface area contributed by atoms with Crippen LogP contribution in [0.4, 0.5) is 0 Å². The fraction of sp³-hybridized carbons (Fsp3) is 0.389. The molecule has 1 fully saturated rings. The van der Waals surface area contributed by atoms with Crippen molar-refractivity contribution in [2.24, 2.45) is 5.92 Å². The van der Waals surface area contributed by atoms with Gasteiger partial charge in [0.2, 0.25) is 0 Å². The first kappa shape index (κ1) is 16.8. The Hall–Kier alpha value is -2.08. The Labute approximate surface area is 142 Å². The molecule has 2 aromatic rings. The molecule has 1 aromatic carbocycles. The normalized spacial score (nSPS) is 21.7. The van der Waals surface area contributed by atoms with E-state index in [0.717, 1.165) is 24.9 Å². The average Bonchev–Trinajstić information content (AvgIpc) is 3.08. The van der Waals surface area contributed by atoms with E-state index in [0.29, 0.717) is 18.0 Å². The van der Waals surface area contributed by atoms with Crippen LogP contribution in [0.2, 0.25) is 0 Å². The number of piperidine rings is 1. The third kappa shape index (κ3) is 3.38. The molecule has 0 N–H and O–H groups in total. The molecule has 128 valence electrons. The van der Waals surface area contributed by atoms with Crippen LogP contribution in [-0.2, 0) is 9.84 Å². The molecule has 24 heavy (non-hydrogen) atoms. The molecule has 0 aliphatic carbocycles. The fourth-order valence-corrected chi connectivity index (χ4v) is 3.83. The molecule has 5 nitrogen and oxygen atoms in total. The maximum absolute atomic E-state index is 13.0. The summed E-state index contributed by atoms with van der Waals surface area (Å²) in [6, 6.07) is 9.82. The van der Waals surface area contributed by atoms with Crippen LogP contribution in [0.3, 0.4) is 0 Å². The lowest BCUT2D eigenvalue weighted by Gasteiger charge is -2.37. The summed E-state index contributed by atoms with van der Waals surface area (Å²) in [6.45, 7) is 2.80. The first-order valence-corrected chi connectivity index (χ1v) is 9.90. The predicted molar refractivity (Wildman–Crippen MR) is 90.4 cm³/mol. The summed E-state index contributed by atoms with van der Waals surface area (Å²) in [5.74, 6) is 1.12. The highest BCUT2D eigenvalue weighted by Crippen LogP contribution is 2.35. The molecule has 1 aliphatic heterocycles. The van der Waals surface area contributed by atoms with E-state index in [1.165, 1.54) is 12.1 Å². The second-order valence-electron chi connectivity index (χ2n) is 6.46. The molecule has 2 heterocycles. The molecule has 1 aliphatic rings. The van der Waals surface area contributed by atoms with E-state index in [1.807, 2.05) is 12.1 Å². The number of sulfone groups is 1. The molecule has 6 heteroatoms. The van der Waals surface area contributed by atoms with Gasteiger partial charge in [-0.05, 0) is 49.1 Å². The van der Waals surface area contributed by atoms with Gasteiger partial charge in [-0.15, -0.1) is 0 Å². The van der Waals surface area contributed by atoms with E-state index >= 15 is 0 Å². The van der Waals surface area contributed by atoms with Gasteiger partial charge < -0.3 is 9.32 Å². The van der Waals surface area contributed by atoms with Crippen molar-refractivity contribution in [3.05, 3.63) is 54.0 Å². The lowest BCUT2D eigenvalue weighted by Crippen LogP contribution is -2.40. The van der Waals surface area contributed by atoms with Crippen LogP contribution in [0.15, 0.2) is 52.0 Å². The highest BCUT2D eigenvalue weighted by Gasteiger charge is 2.33. The van der Waals surface area contributed by atoms with E-state index in [-0.39, 0.29) is 16.8 Å². The standard InChI is InChI=1S/C18H21NO4S/c1-13-8-9-19(16(11-13)17-7-4-10-23-17)18(20)14-5-3-6-15(12-14)24(2,21)22/h3-7,10,12-13,16H,8-9,11H2,1-2H3/t13-,16-/m0/s1. The van der Waals surface area contributed by atoms with Gasteiger partial charge in [0.15, 0.2) is 9.84 Å². The third-order valence-electron chi connectivity index (χ3n) is 4.51. The van der Waals surface area contributed by atoms with E-state index in [2.05, 4.69) is 6.92 Å².